The van der Waals surface area contributed by atoms with Crippen molar-refractivity contribution in [2.45, 2.75) is 5.60 Å². The number of hydrogen-bond acceptors (Lipinski definition) is 4. The van der Waals surface area contributed by atoms with Gasteiger partial charge in [0.1, 0.15) is 11.3 Å². The molecule has 0 saturated carbocycles. The van der Waals surface area contributed by atoms with Gasteiger partial charge in [-0.2, -0.15) is 0 Å². The van der Waals surface area contributed by atoms with Crippen LogP contribution < -0.4 is 5.43 Å². The fourth-order valence-electron chi connectivity index (χ4n) is 3.00. The first kappa shape index (κ1) is 14.6. The van der Waals surface area contributed by atoms with E-state index in [0.717, 1.165) is 10.8 Å². The number of rotatable bonds is 2. The lowest BCUT2D eigenvalue weighted by molar-refractivity contribution is -0.110. The van der Waals surface area contributed by atoms with Gasteiger partial charge >= 0.3 is 0 Å². The van der Waals surface area contributed by atoms with Gasteiger partial charge in [-0.3, -0.25) is 9.59 Å². The summed E-state index contributed by atoms with van der Waals surface area (Å²) in [6.45, 7) is 0. The molecule has 1 heterocycles. The molecule has 0 spiro atoms. The van der Waals surface area contributed by atoms with E-state index in [0.29, 0.717) is 16.7 Å². The maximum Gasteiger partial charge on any atom is 0.193 e. The van der Waals surface area contributed by atoms with Crippen LogP contribution in [0, 0.1) is 0 Å². The standard InChI is InChI=1S/C20H14O4/c1-23-20(10-8-14(21)9-11-20)18-12-17(22)16-7-6-13-4-2-3-5-15(13)19(16)24-18/h2-12H,1H3. The van der Waals surface area contributed by atoms with Gasteiger partial charge in [-0.1, -0.05) is 30.3 Å². The van der Waals surface area contributed by atoms with Crippen LogP contribution in [0.5, 0.6) is 0 Å². The van der Waals surface area contributed by atoms with E-state index in [1.807, 2.05) is 30.3 Å². The Morgan fingerprint density at radius 3 is 2.46 bits per heavy atom. The van der Waals surface area contributed by atoms with Crippen molar-refractivity contribution in [1.29, 1.82) is 0 Å². The number of carbonyl (C=O) groups is 1. The van der Waals surface area contributed by atoms with Crippen LogP contribution in [-0.2, 0) is 15.1 Å². The molecule has 1 aliphatic rings. The summed E-state index contributed by atoms with van der Waals surface area (Å²) in [4.78, 5) is 24.0. The molecule has 4 heteroatoms. The Labute approximate surface area is 137 Å². The summed E-state index contributed by atoms with van der Waals surface area (Å²) in [5.41, 5.74) is -0.684. The smallest absolute Gasteiger partial charge is 0.193 e. The zero-order valence-corrected chi connectivity index (χ0v) is 13.0. The van der Waals surface area contributed by atoms with Crippen molar-refractivity contribution >= 4 is 27.5 Å². The zero-order chi connectivity index (χ0) is 16.7. The Morgan fingerprint density at radius 2 is 1.71 bits per heavy atom. The highest BCUT2D eigenvalue weighted by Crippen LogP contribution is 2.33. The van der Waals surface area contributed by atoms with Crippen molar-refractivity contribution < 1.29 is 13.9 Å². The molecule has 0 radical (unpaired) electrons. The van der Waals surface area contributed by atoms with Crippen molar-refractivity contribution in [3.8, 4) is 0 Å². The highest BCUT2D eigenvalue weighted by molar-refractivity contribution is 6.04. The number of hydrogen-bond donors (Lipinski definition) is 0. The molecular weight excluding hydrogens is 304 g/mol. The minimum atomic E-state index is -1.06. The van der Waals surface area contributed by atoms with Gasteiger partial charge in [-0.05, 0) is 35.8 Å². The number of allylic oxidation sites excluding steroid dienone is 2. The molecule has 0 atom stereocenters. The van der Waals surface area contributed by atoms with E-state index >= 15 is 0 Å². The normalized spacial score (nSPS) is 16.1. The molecule has 0 bridgehead atoms. The van der Waals surface area contributed by atoms with Crippen LogP contribution in [0.4, 0.5) is 0 Å². The lowest BCUT2D eigenvalue weighted by atomic mass is 9.93. The van der Waals surface area contributed by atoms with Crippen LogP contribution in [-0.4, -0.2) is 12.9 Å². The van der Waals surface area contributed by atoms with Gasteiger partial charge in [0.15, 0.2) is 16.8 Å². The van der Waals surface area contributed by atoms with Crippen LogP contribution >= 0.6 is 0 Å². The summed E-state index contributed by atoms with van der Waals surface area (Å²) < 4.78 is 11.7. The number of fused-ring (bicyclic) bond motifs is 3. The topological polar surface area (TPSA) is 56.5 Å². The van der Waals surface area contributed by atoms with Gasteiger partial charge in [0.05, 0.1) is 5.39 Å². The minimum absolute atomic E-state index is 0.128. The van der Waals surface area contributed by atoms with Crippen molar-refractivity contribution in [3.63, 3.8) is 0 Å². The van der Waals surface area contributed by atoms with Gasteiger partial charge < -0.3 is 9.15 Å². The second kappa shape index (κ2) is 5.28. The number of ether oxygens (including phenoxy) is 1. The second-order valence-electron chi connectivity index (χ2n) is 5.70. The largest absolute Gasteiger partial charge is 0.456 e. The highest BCUT2D eigenvalue weighted by atomic mass is 16.5. The van der Waals surface area contributed by atoms with Gasteiger partial charge in [0.25, 0.3) is 0 Å². The molecule has 2 aromatic carbocycles. The summed E-state index contributed by atoms with van der Waals surface area (Å²) in [7, 11) is 1.51. The highest BCUT2D eigenvalue weighted by Gasteiger charge is 2.32. The van der Waals surface area contributed by atoms with Crippen molar-refractivity contribution in [2.24, 2.45) is 0 Å². The third-order valence-corrected chi connectivity index (χ3v) is 4.33. The fraction of sp³-hybridized carbons (Fsp3) is 0.100. The van der Waals surface area contributed by atoms with Crippen LogP contribution in [0.1, 0.15) is 5.76 Å². The number of methoxy groups -OCH3 is 1. The molecule has 0 aliphatic heterocycles. The maximum absolute atomic E-state index is 12.6. The molecule has 1 aromatic heterocycles. The van der Waals surface area contributed by atoms with E-state index in [-0.39, 0.29) is 11.2 Å². The lowest BCUT2D eigenvalue weighted by Gasteiger charge is -2.26. The zero-order valence-electron chi connectivity index (χ0n) is 13.0. The van der Waals surface area contributed by atoms with E-state index < -0.39 is 5.60 Å². The van der Waals surface area contributed by atoms with E-state index in [1.54, 1.807) is 18.2 Å². The molecule has 0 N–H and O–H groups in total. The number of ketones is 1. The lowest BCUT2D eigenvalue weighted by Crippen LogP contribution is -2.27. The molecule has 0 unspecified atom stereocenters. The van der Waals surface area contributed by atoms with E-state index in [1.165, 1.54) is 25.3 Å². The average molecular weight is 318 g/mol. The summed E-state index contributed by atoms with van der Waals surface area (Å²) >= 11 is 0. The molecule has 4 rings (SSSR count). The monoisotopic (exact) mass is 318 g/mol. The summed E-state index contributed by atoms with van der Waals surface area (Å²) in [5.74, 6) is 0.218. The van der Waals surface area contributed by atoms with Crippen LogP contribution in [0.15, 0.2) is 76.0 Å². The van der Waals surface area contributed by atoms with Gasteiger partial charge in [0, 0.05) is 18.6 Å². The molecule has 0 amide bonds. The van der Waals surface area contributed by atoms with Crippen molar-refractivity contribution in [2.75, 3.05) is 7.11 Å². The van der Waals surface area contributed by atoms with Crippen LogP contribution in [0.2, 0.25) is 0 Å². The first-order valence-corrected chi connectivity index (χ1v) is 7.57. The second-order valence-corrected chi connectivity index (χ2v) is 5.70. The third-order valence-electron chi connectivity index (χ3n) is 4.33. The Bertz CT molecular complexity index is 1070. The van der Waals surface area contributed by atoms with Gasteiger partial charge in [0.2, 0.25) is 0 Å². The van der Waals surface area contributed by atoms with Crippen LogP contribution in [0.25, 0.3) is 21.7 Å². The van der Waals surface area contributed by atoms with E-state index in [2.05, 4.69) is 0 Å². The molecule has 118 valence electrons. The Balaban J connectivity index is 2.05. The van der Waals surface area contributed by atoms with Crippen molar-refractivity contribution in [3.05, 3.63) is 82.8 Å². The molecule has 0 fully saturated rings. The quantitative estimate of drug-likeness (QED) is 0.679. The fourth-order valence-corrected chi connectivity index (χ4v) is 3.00. The predicted octanol–water partition coefficient (Wildman–Crippen LogP) is 3.48. The average Bonchev–Trinajstić information content (AvgIpc) is 2.62. The molecule has 0 saturated heterocycles. The minimum Gasteiger partial charge on any atom is -0.456 e. The maximum atomic E-state index is 12.6. The molecule has 4 nitrogen and oxygen atoms in total. The molecule has 24 heavy (non-hydrogen) atoms. The van der Waals surface area contributed by atoms with Crippen molar-refractivity contribution in [1.82, 2.24) is 0 Å². The number of benzene rings is 2. The Hall–Kier alpha value is -2.98. The summed E-state index contributed by atoms with van der Waals surface area (Å²) in [5, 5.41) is 2.37. The molecular formula is C20H14O4. The van der Waals surface area contributed by atoms with Gasteiger partial charge in [-0.15, -0.1) is 0 Å². The molecule has 1 aliphatic carbocycles. The third kappa shape index (κ3) is 2.12. The first-order valence-electron chi connectivity index (χ1n) is 7.57. The predicted molar refractivity (Wildman–Crippen MR) is 92.0 cm³/mol. The SMILES string of the molecule is COC1(c2cc(=O)c3ccc4ccccc4c3o2)C=CC(=O)C=C1. The van der Waals surface area contributed by atoms with Gasteiger partial charge in [-0.25, -0.2) is 0 Å². The van der Waals surface area contributed by atoms with Crippen LogP contribution in [0.3, 0.4) is 0 Å². The first-order chi connectivity index (χ1) is 11.6. The van der Waals surface area contributed by atoms with E-state index in [9.17, 15) is 9.59 Å². The summed E-state index contributed by atoms with van der Waals surface area (Å²) in [6, 6.07) is 12.8. The number of carbonyl (C=O) groups excluding carboxylic acids is 1. The van der Waals surface area contributed by atoms with E-state index in [4.69, 9.17) is 9.15 Å². The Kier molecular flexibility index (Phi) is 3.22. The molecule has 3 aromatic rings. The Morgan fingerprint density at radius 1 is 0.958 bits per heavy atom. The summed E-state index contributed by atoms with van der Waals surface area (Å²) in [6.07, 6.45) is 6.03.